The Labute approximate surface area is 195 Å². The fourth-order valence-corrected chi connectivity index (χ4v) is 3.64. The summed E-state index contributed by atoms with van der Waals surface area (Å²) in [7, 11) is 1.71. The predicted molar refractivity (Wildman–Crippen MR) is 123 cm³/mol. The second kappa shape index (κ2) is 9.75. The first kappa shape index (κ1) is 22.4. The zero-order valence-corrected chi connectivity index (χ0v) is 18.7. The van der Waals surface area contributed by atoms with E-state index in [2.05, 4.69) is 42.8 Å². The third-order valence-electron chi connectivity index (χ3n) is 5.48. The van der Waals surface area contributed by atoms with Crippen molar-refractivity contribution >= 4 is 29.6 Å². The number of azo groups is 1. The predicted octanol–water partition coefficient (Wildman–Crippen LogP) is 2.45. The Hall–Kier alpha value is -4.84. The van der Waals surface area contributed by atoms with Crippen molar-refractivity contribution in [2.45, 2.75) is 6.92 Å². The van der Waals surface area contributed by atoms with Crippen molar-refractivity contribution in [1.82, 2.24) is 24.6 Å². The molecule has 1 fully saturated rings. The van der Waals surface area contributed by atoms with E-state index in [4.69, 9.17) is 0 Å². The summed E-state index contributed by atoms with van der Waals surface area (Å²) in [5.41, 5.74) is 1.59. The van der Waals surface area contributed by atoms with Crippen molar-refractivity contribution in [3.05, 3.63) is 47.3 Å². The van der Waals surface area contributed by atoms with Crippen molar-refractivity contribution in [2.75, 3.05) is 43.4 Å². The maximum absolute atomic E-state index is 11.0. The van der Waals surface area contributed by atoms with Gasteiger partial charge < -0.3 is 15.1 Å². The lowest BCUT2D eigenvalue weighted by Crippen LogP contribution is -2.46. The van der Waals surface area contributed by atoms with E-state index in [0.717, 1.165) is 6.41 Å². The molecule has 1 aliphatic heterocycles. The Morgan fingerprint density at radius 1 is 1.15 bits per heavy atom. The van der Waals surface area contributed by atoms with E-state index in [0.29, 0.717) is 60.4 Å². The average Bonchev–Trinajstić information content (AvgIpc) is 3.31. The molecular weight excluding hydrogens is 434 g/mol. The van der Waals surface area contributed by atoms with Crippen molar-refractivity contribution < 1.29 is 4.79 Å². The van der Waals surface area contributed by atoms with Gasteiger partial charge in [-0.2, -0.15) is 20.3 Å². The minimum absolute atomic E-state index is 0.218. The molecule has 0 atom stereocenters. The fourth-order valence-electron chi connectivity index (χ4n) is 3.64. The molecule has 170 valence electrons. The Bertz CT molecular complexity index is 1310. The van der Waals surface area contributed by atoms with Crippen LogP contribution in [0.5, 0.6) is 0 Å². The number of anilines is 2. The molecule has 0 spiro atoms. The van der Waals surface area contributed by atoms with Gasteiger partial charge in [0, 0.05) is 45.0 Å². The SMILES string of the molecule is CNc1nc(N2CCN(C=O)CC2)c(C#N)c(C)c1N=Nc1c(C#N)cnn1-c1ccccn1. The van der Waals surface area contributed by atoms with Crippen LogP contribution in [0, 0.1) is 29.6 Å². The minimum atomic E-state index is 0.218. The molecule has 0 aliphatic carbocycles. The van der Waals surface area contributed by atoms with Crippen molar-refractivity contribution in [3.8, 4) is 18.0 Å². The highest BCUT2D eigenvalue weighted by Gasteiger charge is 2.24. The largest absolute Gasteiger partial charge is 0.371 e. The minimum Gasteiger partial charge on any atom is -0.371 e. The highest BCUT2D eigenvalue weighted by molar-refractivity contribution is 5.75. The number of carbonyl (C=O) groups is 1. The molecule has 1 N–H and O–H groups in total. The number of carbonyl (C=O) groups excluding carboxylic acids is 1. The molecule has 1 saturated heterocycles. The number of hydrogen-bond donors (Lipinski definition) is 1. The number of amides is 1. The molecule has 0 radical (unpaired) electrons. The van der Waals surface area contributed by atoms with Crippen LogP contribution < -0.4 is 10.2 Å². The van der Waals surface area contributed by atoms with Gasteiger partial charge in [-0.25, -0.2) is 9.97 Å². The number of hydrogen-bond acceptors (Lipinski definition) is 10. The smallest absolute Gasteiger partial charge is 0.209 e. The van der Waals surface area contributed by atoms with E-state index in [1.807, 2.05) is 4.90 Å². The maximum atomic E-state index is 11.0. The zero-order chi connectivity index (χ0) is 24.1. The summed E-state index contributed by atoms with van der Waals surface area (Å²) < 4.78 is 1.43. The lowest BCUT2D eigenvalue weighted by molar-refractivity contribution is -0.118. The summed E-state index contributed by atoms with van der Waals surface area (Å²) in [6.07, 6.45) is 3.84. The van der Waals surface area contributed by atoms with Gasteiger partial charge in [0.05, 0.1) is 11.8 Å². The molecule has 0 unspecified atom stereocenters. The van der Waals surface area contributed by atoms with Gasteiger partial charge in [-0.05, 0) is 19.1 Å². The van der Waals surface area contributed by atoms with Gasteiger partial charge in [-0.3, -0.25) is 4.79 Å². The number of rotatable bonds is 6. The number of pyridine rings is 2. The summed E-state index contributed by atoms with van der Waals surface area (Å²) >= 11 is 0. The second-order valence-electron chi connectivity index (χ2n) is 7.42. The summed E-state index contributed by atoms with van der Waals surface area (Å²) in [5, 5.41) is 35.3. The van der Waals surface area contributed by atoms with E-state index < -0.39 is 0 Å². The molecule has 0 aromatic carbocycles. The van der Waals surface area contributed by atoms with Gasteiger partial charge in [-0.15, -0.1) is 10.2 Å². The molecular formula is C22H21N11O. The van der Waals surface area contributed by atoms with Crippen LogP contribution in [0.25, 0.3) is 5.82 Å². The summed E-state index contributed by atoms with van der Waals surface area (Å²) in [6, 6.07) is 9.62. The third-order valence-corrected chi connectivity index (χ3v) is 5.48. The van der Waals surface area contributed by atoms with E-state index in [-0.39, 0.29) is 11.4 Å². The van der Waals surface area contributed by atoms with Crippen LogP contribution in [0.1, 0.15) is 16.7 Å². The van der Waals surface area contributed by atoms with Crippen LogP contribution in [0.2, 0.25) is 0 Å². The van der Waals surface area contributed by atoms with Crippen LogP contribution in [-0.2, 0) is 4.79 Å². The quantitative estimate of drug-likeness (QED) is 0.439. The molecule has 1 aliphatic rings. The Morgan fingerprint density at radius 2 is 1.94 bits per heavy atom. The summed E-state index contributed by atoms with van der Waals surface area (Å²) in [4.78, 5) is 23.6. The van der Waals surface area contributed by atoms with Crippen LogP contribution in [-0.4, -0.2) is 64.3 Å². The van der Waals surface area contributed by atoms with Crippen LogP contribution >= 0.6 is 0 Å². The average molecular weight is 455 g/mol. The molecule has 1 amide bonds. The van der Waals surface area contributed by atoms with E-state index in [1.165, 1.54) is 10.9 Å². The van der Waals surface area contributed by atoms with E-state index >= 15 is 0 Å². The Morgan fingerprint density at radius 3 is 2.56 bits per heavy atom. The monoisotopic (exact) mass is 455 g/mol. The normalized spacial score (nSPS) is 13.5. The highest BCUT2D eigenvalue weighted by Crippen LogP contribution is 2.36. The second-order valence-corrected chi connectivity index (χ2v) is 7.42. The van der Waals surface area contributed by atoms with Gasteiger partial charge in [0.2, 0.25) is 6.41 Å². The molecule has 12 heteroatoms. The topological polar surface area (TPSA) is 151 Å². The van der Waals surface area contributed by atoms with Gasteiger partial charge in [-0.1, -0.05) is 6.07 Å². The standard InChI is InChI=1S/C22H21N11O/c1-15-17(12-24)22(32-9-7-31(14-34)8-10-32)28-20(25-2)19(15)29-30-21-16(11-23)13-27-33(21)18-5-3-4-6-26-18/h3-6,13-14H,7-10H2,1-2H3,(H,25,28). The van der Waals surface area contributed by atoms with Gasteiger partial charge in [0.25, 0.3) is 0 Å². The van der Waals surface area contributed by atoms with Crippen molar-refractivity contribution in [2.24, 2.45) is 10.2 Å². The molecule has 0 saturated carbocycles. The number of piperazine rings is 1. The van der Waals surface area contributed by atoms with Crippen LogP contribution in [0.4, 0.5) is 23.1 Å². The first-order valence-corrected chi connectivity index (χ1v) is 10.5. The van der Waals surface area contributed by atoms with Crippen LogP contribution in [0.15, 0.2) is 40.8 Å². The lowest BCUT2D eigenvalue weighted by Gasteiger charge is -2.34. The molecule has 12 nitrogen and oxygen atoms in total. The first-order chi connectivity index (χ1) is 16.6. The highest BCUT2D eigenvalue weighted by atomic mass is 16.1. The molecule has 4 heterocycles. The summed E-state index contributed by atoms with van der Waals surface area (Å²) in [5.74, 6) is 1.68. The van der Waals surface area contributed by atoms with Crippen LogP contribution in [0.3, 0.4) is 0 Å². The lowest BCUT2D eigenvalue weighted by atomic mass is 10.1. The molecule has 34 heavy (non-hydrogen) atoms. The first-order valence-electron chi connectivity index (χ1n) is 10.5. The van der Waals surface area contributed by atoms with Crippen molar-refractivity contribution in [1.29, 1.82) is 10.5 Å². The molecule has 3 aromatic rings. The fraction of sp³-hybridized carbons (Fsp3) is 0.273. The third kappa shape index (κ3) is 4.12. The maximum Gasteiger partial charge on any atom is 0.209 e. The number of aromatic nitrogens is 4. The molecule has 3 aromatic heterocycles. The van der Waals surface area contributed by atoms with Gasteiger partial charge in [0.1, 0.15) is 29.2 Å². The van der Waals surface area contributed by atoms with E-state index in [1.54, 1.807) is 43.3 Å². The Balaban J connectivity index is 1.76. The zero-order valence-electron chi connectivity index (χ0n) is 18.7. The number of nitriles is 2. The molecule has 4 rings (SSSR count). The Kier molecular flexibility index (Phi) is 6.41. The number of nitrogens with zero attached hydrogens (tertiary/aromatic N) is 10. The summed E-state index contributed by atoms with van der Waals surface area (Å²) in [6.45, 7) is 4.03. The van der Waals surface area contributed by atoms with E-state index in [9.17, 15) is 15.3 Å². The molecule has 0 bridgehead atoms. The number of nitrogens with one attached hydrogen (secondary N) is 1. The van der Waals surface area contributed by atoms with Gasteiger partial charge >= 0.3 is 0 Å². The van der Waals surface area contributed by atoms with Crippen molar-refractivity contribution in [3.63, 3.8) is 0 Å². The van der Waals surface area contributed by atoms with Gasteiger partial charge in [0.15, 0.2) is 17.5 Å².